The van der Waals surface area contributed by atoms with E-state index in [1.807, 2.05) is 27.7 Å². The van der Waals surface area contributed by atoms with Gasteiger partial charge in [-0.1, -0.05) is 42.3 Å². The molecule has 0 radical (unpaired) electrons. The van der Waals surface area contributed by atoms with Crippen molar-refractivity contribution in [2.75, 3.05) is 10.6 Å². The van der Waals surface area contributed by atoms with E-state index < -0.39 is 22.0 Å². The van der Waals surface area contributed by atoms with E-state index in [9.17, 15) is 13.2 Å². The van der Waals surface area contributed by atoms with Gasteiger partial charge in [0.2, 0.25) is 15.9 Å². The van der Waals surface area contributed by atoms with Gasteiger partial charge in [-0.15, -0.1) is 0 Å². The van der Waals surface area contributed by atoms with Gasteiger partial charge in [-0.2, -0.15) is 0 Å². The molecule has 0 aliphatic rings. The molecule has 2 atom stereocenters. The van der Waals surface area contributed by atoms with Gasteiger partial charge in [0.15, 0.2) is 0 Å². The second-order valence-corrected chi connectivity index (χ2v) is 10.3. The Bertz CT molecular complexity index is 1050. The fourth-order valence-corrected chi connectivity index (χ4v) is 5.17. The number of aryl methyl sites for hydroxylation is 3. The molecule has 1 amide bonds. The number of amides is 1. The van der Waals surface area contributed by atoms with E-state index in [4.69, 9.17) is 23.2 Å². The van der Waals surface area contributed by atoms with Crippen molar-refractivity contribution in [1.29, 1.82) is 0 Å². The number of anilines is 1. The van der Waals surface area contributed by atoms with Crippen LogP contribution in [0.3, 0.4) is 0 Å². The maximum absolute atomic E-state index is 13.2. The highest BCUT2D eigenvalue weighted by Gasteiger charge is 2.33. The lowest BCUT2D eigenvalue weighted by atomic mass is 9.96. The molecule has 0 fully saturated rings. The Hall–Kier alpha value is -1.76. The first-order chi connectivity index (χ1) is 13.9. The number of benzene rings is 2. The molecule has 0 heterocycles. The number of sulfonamides is 1. The van der Waals surface area contributed by atoms with Crippen LogP contribution in [-0.2, 0) is 14.8 Å². The van der Waals surface area contributed by atoms with Crippen molar-refractivity contribution in [2.45, 2.75) is 53.1 Å². The molecular weight excluding hydrogens is 443 g/mol. The maximum Gasteiger partial charge on any atom is 0.244 e. The lowest BCUT2D eigenvalue weighted by Crippen LogP contribution is -2.50. The van der Waals surface area contributed by atoms with Gasteiger partial charge in [-0.3, -0.25) is 9.10 Å². The summed E-state index contributed by atoms with van der Waals surface area (Å²) in [6.07, 6.45) is 1.32. The van der Waals surface area contributed by atoms with Crippen molar-refractivity contribution >= 4 is 44.8 Å². The average molecular weight is 471 g/mol. The average Bonchev–Trinajstić information content (AvgIpc) is 2.63. The van der Waals surface area contributed by atoms with E-state index in [0.717, 1.165) is 27.3 Å². The number of hydrogen-bond donors (Lipinski definition) is 1. The predicted molar refractivity (Wildman–Crippen MR) is 125 cm³/mol. The van der Waals surface area contributed by atoms with Crippen LogP contribution in [0.15, 0.2) is 30.3 Å². The Labute approximate surface area is 189 Å². The summed E-state index contributed by atoms with van der Waals surface area (Å²) in [6.45, 7) is 9.71. The minimum Gasteiger partial charge on any atom is -0.348 e. The topological polar surface area (TPSA) is 66.5 Å². The van der Waals surface area contributed by atoms with E-state index in [2.05, 4.69) is 17.4 Å². The Morgan fingerprint density at radius 2 is 1.67 bits per heavy atom. The first kappa shape index (κ1) is 24.5. The number of nitrogens with zero attached hydrogens (tertiary/aromatic N) is 1. The van der Waals surface area contributed by atoms with Crippen molar-refractivity contribution in [3.05, 3.63) is 62.6 Å². The summed E-state index contributed by atoms with van der Waals surface area (Å²) in [7, 11) is -3.81. The standard InChI is InChI=1S/C22H28Cl2N2O3S/c1-7-20(26(30(6,28)29)21-12-17(23)8-9-19(21)24)22(27)25-16(5)18-11-14(3)13(2)10-15(18)4/h8-12,16,20H,7H2,1-6H3,(H,25,27)/t16-,20+/m1/s1. The quantitative estimate of drug-likeness (QED) is 0.593. The predicted octanol–water partition coefficient (Wildman–Crippen LogP) is 5.34. The minimum atomic E-state index is -3.81. The number of hydrogen-bond acceptors (Lipinski definition) is 3. The Morgan fingerprint density at radius 3 is 2.23 bits per heavy atom. The molecule has 0 aliphatic carbocycles. The van der Waals surface area contributed by atoms with Gasteiger partial charge in [0.1, 0.15) is 6.04 Å². The van der Waals surface area contributed by atoms with Gasteiger partial charge >= 0.3 is 0 Å². The van der Waals surface area contributed by atoms with E-state index >= 15 is 0 Å². The molecule has 0 saturated carbocycles. The third-order valence-electron chi connectivity index (χ3n) is 5.18. The monoisotopic (exact) mass is 470 g/mol. The van der Waals surface area contributed by atoms with Crippen LogP contribution in [0.25, 0.3) is 0 Å². The van der Waals surface area contributed by atoms with Gasteiger partial charge in [-0.25, -0.2) is 8.42 Å². The molecule has 2 rings (SSSR count). The molecule has 0 spiro atoms. The molecule has 2 aromatic rings. The SMILES string of the molecule is CC[C@@H](C(=O)N[C@H](C)c1cc(C)c(C)cc1C)N(c1cc(Cl)ccc1Cl)S(C)(=O)=O. The Balaban J connectivity index is 2.41. The van der Waals surface area contributed by atoms with Crippen LogP contribution in [0, 0.1) is 20.8 Å². The Kier molecular flexibility index (Phi) is 7.83. The Morgan fingerprint density at radius 1 is 1.07 bits per heavy atom. The number of halogens is 2. The number of carbonyl (C=O) groups excluding carboxylic acids is 1. The third kappa shape index (κ3) is 5.48. The van der Waals surface area contributed by atoms with E-state index in [1.54, 1.807) is 13.0 Å². The maximum atomic E-state index is 13.2. The highest BCUT2D eigenvalue weighted by Crippen LogP contribution is 2.33. The summed E-state index contributed by atoms with van der Waals surface area (Å²) in [5.41, 5.74) is 4.56. The summed E-state index contributed by atoms with van der Waals surface area (Å²) >= 11 is 12.3. The zero-order valence-corrected chi connectivity index (χ0v) is 20.4. The molecular formula is C22H28Cl2N2O3S. The molecule has 0 unspecified atom stereocenters. The smallest absolute Gasteiger partial charge is 0.244 e. The van der Waals surface area contributed by atoms with E-state index in [-0.39, 0.29) is 23.2 Å². The molecule has 5 nitrogen and oxygen atoms in total. The lowest BCUT2D eigenvalue weighted by Gasteiger charge is -2.32. The molecule has 30 heavy (non-hydrogen) atoms. The van der Waals surface area contributed by atoms with Crippen LogP contribution in [-0.4, -0.2) is 26.6 Å². The highest BCUT2D eigenvalue weighted by molar-refractivity contribution is 7.92. The minimum absolute atomic E-state index is 0.184. The van der Waals surface area contributed by atoms with Crippen LogP contribution >= 0.6 is 23.2 Å². The van der Waals surface area contributed by atoms with Crippen molar-refractivity contribution in [2.24, 2.45) is 0 Å². The van der Waals surface area contributed by atoms with E-state index in [0.29, 0.717) is 5.02 Å². The largest absolute Gasteiger partial charge is 0.348 e. The van der Waals surface area contributed by atoms with Crippen LogP contribution in [0.1, 0.15) is 48.6 Å². The highest BCUT2D eigenvalue weighted by atomic mass is 35.5. The zero-order valence-electron chi connectivity index (χ0n) is 18.1. The summed E-state index contributed by atoms with van der Waals surface area (Å²) in [6, 6.07) is 7.42. The first-order valence-electron chi connectivity index (χ1n) is 9.69. The van der Waals surface area contributed by atoms with Gasteiger partial charge in [0, 0.05) is 5.02 Å². The van der Waals surface area contributed by atoms with Gasteiger partial charge in [0.05, 0.1) is 23.0 Å². The molecule has 1 N–H and O–H groups in total. The summed E-state index contributed by atoms with van der Waals surface area (Å²) in [5, 5.41) is 3.50. The van der Waals surface area contributed by atoms with Gasteiger partial charge < -0.3 is 5.32 Å². The van der Waals surface area contributed by atoms with Gasteiger partial charge in [0.25, 0.3) is 0 Å². The summed E-state index contributed by atoms with van der Waals surface area (Å²) in [5.74, 6) is -0.399. The second-order valence-electron chi connectivity index (χ2n) is 7.60. The number of carbonyl (C=O) groups is 1. The van der Waals surface area contributed by atoms with Crippen LogP contribution in [0.2, 0.25) is 10.0 Å². The van der Waals surface area contributed by atoms with Crippen molar-refractivity contribution < 1.29 is 13.2 Å². The molecule has 0 aliphatic heterocycles. The van der Waals surface area contributed by atoms with E-state index in [1.165, 1.54) is 17.7 Å². The molecule has 2 aromatic carbocycles. The summed E-state index contributed by atoms with van der Waals surface area (Å²) < 4.78 is 26.3. The van der Waals surface area contributed by atoms with Crippen molar-refractivity contribution in [3.8, 4) is 0 Å². The van der Waals surface area contributed by atoms with Crippen LogP contribution in [0.5, 0.6) is 0 Å². The fraction of sp³-hybridized carbons (Fsp3) is 0.409. The molecule has 0 saturated heterocycles. The number of nitrogens with one attached hydrogen (secondary N) is 1. The molecule has 164 valence electrons. The van der Waals surface area contributed by atoms with Crippen molar-refractivity contribution in [3.63, 3.8) is 0 Å². The van der Waals surface area contributed by atoms with Gasteiger partial charge in [-0.05, 0) is 74.6 Å². The fourth-order valence-electron chi connectivity index (χ4n) is 3.53. The number of rotatable bonds is 7. The molecule has 0 bridgehead atoms. The van der Waals surface area contributed by atoms with Crippen LogP contribution in [0.4, 0.5) is 5.69 Å². The van der Waals surface area contributed by atoms with Crippen molar-refractivity contribution in [1.82, 2.24) is 5.32 Å². The normalized spacial score (nSPS) is 13.6. The molecule has 0 aromatic heterocycles. The molecule has 8 heteroatoms. The summed E-state index contributed by atoms with van der Waals surface area (Å²) in [4.78, 5) is 13.2. The third-order valence-corrected chi connectivity index (χ3v) is 6.90. The lowest BCUT2D eigenvalue weighted by molar-refractivity contribution is -0.122. The zero-order chi connectivity index (χ0) is 22.8. The first-order valence-corrected chi connectivity index (χ1v) is 12.3. The second kappa shape index (κ2) is 9.58. The van der Waals surface area contributed by atoms with Crippen LogP contribution < -0.4 is 9.62 Å².